The molecule has 2 saturated heterocycles. The molecule has 4 nitrogen and oxygen atoms in total. The molecule has 1 aromatic rings. The first-order valence-corrected chi connectivity index (χ1v) is 9.09. The maximum absolute atomic E-state index is 13.1. The Morgan fingerprint density at radius 1 is 1.21 bits per heavy atom. The van der Waals surface area contributed by atoms with Gasteiger partial charge in [-0.3, -0.25) is 9.69 Å². The summed E-state index contributed by atoms with van der Waals surface area (Å²) in [6.07, 6.45) is 4.28. The third-order valence-corrected chi connectivity index (χ3v) is 5.29. The van der Waals surface area contributed by atoms with E-state index in [2.05, 4.69) is 15.1 Å². The van der Waals surface area contributed by atoms with E-state index in [0.29, 0.717) is 5.92 Å². The predicted octanol–water partition coefficient (Wildman–Crippen LogP) is 2.25. The van der Waals surface area contributed by atoms with Gasteiger partial charge in [0.15, 0.2) is 0 Å². The molecule has 24 heavy (non-hydrogen) atoms. The van der Waals surface area contributed by atoms with Gasteiger partial charge in [-0.05, 0) is 63.0 Å². The van der Waals surface area contributed by atoms with E-state index in [-0.39, 0.29) is 17.8 Å². The van der Waals surface area contributed by atoms with Gasteiger partial charge in [-0.1, -0.05) is 18.6 Å². The lowest BCUT2D eigenvalue weighted by Crippen LogP contribution is -2.50. The van der Waals surface area contributed by atoms with Crippen molar-refractivity contribution in [1.29, 1.82) is 0 Å². The molecule has 2 fully saturated rings. The number of nitrogens with one attached hydrogen (secondary N) is 1. The molecule has 0 saturated carbocycles. The zero-order valence-electron chi connectivity index (χ0n) is 14.5. The fraction of sp³-hybridized carbons (Fsp3) is 0.632. The van der Waals surface area contributed by atoms with Crippen molar-refractivity contribution in [2.24, 2.45) is 5.92 Å². The maximum Gasteiger partial charge on any atom is 0.239 e. The monoisotopic (exact) mass is 333 g/mol. The minimum absolute atomic E-state index is 0.0165. The molecule has 1 amide bonds. The molecule has 2 atom stereocenters. The minimum Gasteiger partial charge on any atom is -0.341 e. The van der Waals surface area contributed by atoms with E-state index in [1.165, 1.54) is 12.1 Å². The van der Waals surface area contributed by atoms with Crippen LogP contribution in [0.5, 0.6) is 0 Å². The number of piperidine rings is 1. The number of hydrogen-bond acceptors (Lipinski definition) is 3. The van der Waals surface area contributed by atoms with E-state index < -0.39 is 0 Å². The van der Waals surface area contributed by atoms with Crippen molar-refractivity contribution < 1.29 is 9.18 Å². The second kappa shape index (κ2) is 8.08. The third kappa shape index (κ3) is 4.14. The van der Waals surface area contributed by atoms with Crippen LogP contribution in [-0.2, 0) is 11.3 Å². The van der Waals surface area contributed by atoms with E-state index >= 15 is 0 Å². The van der Waals surface area contributed by atoms with Gasteiger partial charge in [-0.15, -0.1) is 0 Å². The van der Waals surface area contributed by atoms with Crippen LogP contribution in [0.3, 0.4) is 0 Å². The van der Waals surface area contributed by atoms with Crippen molar-refractivity contribution in [3.8, 4) is 0 Å². The zero-order valence-corrected chi connectivity index (χ0v) is 14.5. The van der Waals surface area contributed by atoms with Crippen LogP contribution in [0.25, 0.3) is 0 Å². The first-order chi connectivity index (χ1) is 11.7. The predicted molar refractivity (Wildman–Crippen MR) is 93.1 cm³/mol. The molecule has 2 heterocycles. The van der Waals surface area contributed by atoms with Gasteiger partial charge in [0.05, 0.1) is 6.04 Å². The van der Waals surface area contributed by atoms with Crippen molar-refractivity contribution in [3.05, 3.63) is 35.6 Å². The smallest absolute Gasteiger partial charge is 0.239 e. The Balaban J connectivity index is 1.63. The topological polar surface area (TPSA) is 35.6 Å². The van der Waals surface area contributed by atoms with Gasteiger partial charge in [0.1, 0.15) is 5.82 Å². The van der Waals surface area contributed by atoms with E-state index in [4.69, 9.17) is 0 Å². The third-order valence-electron chi connectivity index (χ3n) is 5.29. The molecule has 2 aliphatic rings. The van der Waals surface area contributed by atoms with Crippen molar-refractivity contribution >= 4 is 5.91 Å². The van der Waals surface area contributed by atoms with Gasteiger partial charge in [-0.25, -0.2) is 4.39 Å². The van der Waals surface area contributed by atoms with Crippen LogP contribution < -0.4 is 5.32 Å². The summed E-state index contributed by atoms with van der Waals surface area (Å²) in [6.45, 7) is 4.41. The number of rotatable bonds is 5. The van der Waals surface area contributed by atoms with Crippen LogP contribution in [0, 0.1) is 11.7 Å². The molecule has 0 unspecified atom stereocenters. The maximum atomic E-state index is 13.1. The van der Waals surface area contributed by atoms with Gasteiger partial charge in [0.2, 0.25) is 5.91 Å². The molecular formula is C19H28FN3O. The number of hydrogen-bond donors (Lipinski definition) is 1. The molecule has 0 radical (unpaired) electrons. The summed E-state index contributed by atoms with van der Waals surface area (Å²) in [5.41, 5.74) is 1.07. The number of halogens is 1. The van der Waals surface area contributed by atoms with E-state index in [9.17, 15) is 9.18 Å². The van der Waals surface area contributed by atoms with Crippen LogP contribution in [-0.4, -0.2) is 55.0 Å². The summed E-state index contributed by atoms with van der Waals surface area (Å²) in [7, 11) is 1.97. The number of benzene rings is 1. The van der Waals surface area contributed by atoms with Gasteiger partial charge >= 0.3 is 0 Å². The highest BCUT2D eigenvalue weighted by atomic mass is 19.1. The highest BCUT2D eigenvalue weighted by Crippen LogP contribution is 2.24. The Labute approximate surface area is 144 Å². The highest BCUT2D eigenvalue weighted by molar-refractivity contribution is 5.82. The van der Waals surface area contributed by atoms with E-state index in [0.717, 1.165) is 64.0 Å². The van der Waals surface area contributed by atoms with Gasteiger partial charge in [-0.2, -0.15) is 0 Å². The summed E-state index contributed by atoms with van der Waals surface area (Å²) >= 11 is 0. The summed E-state index contributed by atoms with van der Waals surface area (Å²) in [5.74, 6) is 0.654. The fourth-order valence-electron chi connectivity index (χ4n) is 3.98. The summed E-state index contributed by atoms with van der Waals surface area (Å²) < 4.78 is 13.1. The summed E-state index contributed by atoms with van der Waals surface area (Å²) in [4.78, 5) is 17.3. The number of likely N-dealkylation sites (tertiary alicyclic amines) is 2. The summed E-state index contributed by atoms with van der Waals surface area (Å²) in [6, 6.07) is 6.63. The second-order valence-electron chi connectivity index (χ2n) is 7.11. The Kier molecular flexibility index (Phi) is 5.85. The number of nitrogens with zero attached hydrogens (tertiary/aromatic N) is 2. The standard InChI is InChI=1S/C19H28FN3O/c1-21-12-16-9-11-23(14-16)19(24)18-4-2-3-10-22(18)13-15-5-7-17(20)8-6-15/h5-8,16,18,21H,2-4,9-14H2,1H3/t16-,18+/m0/s1. The Morgan fingerprint density at radius 2 is 2.00 bits per heavy atom. The van der Waals surface area contributed by atoms with E-state index in [1.807, 2.05) is 19.2 Å². The number of carbonyl (C=O) groups excluding carboxylic acids is 1. The lowest BCUT2D eigenvalue weighted by atomic mass is 10.00. The molecule has 1 aromatic carbocycles. The lowest BCUT2D eigenvalue weighted by molar-refractivity contribution is -0.137. The molecule has 0 aliphatic carbocycles. The quantitative estimate of drug-likeness (QED) is 0.898. The van der Waals surface area contributed by atoms with Crippen molar-refractivity contribution in [2.75, 3.05) is 33.2 Å². The normalized spacial score (nSPS) is 25.2. The van der Waals surface area contributed by atoms with Crippen LogP contribution in [0.4, 0.5) is 4.39 Å². The largest absolute Gasteiger partial charge is 0.341 e. The average Bonchev–Trinajstić information content (AvgIpc) is 3.06. The van der Waals surface area contributed by atoms with Gasteiger partial charge in [0.25, 0.3) is 0 Å². The molecule has 0 spiro atoms. The number of carbonyl (C=O) groups is 1. The molecule has 132 valence electrons. The fourth-order valence-corrected chi connectivity index (χ4v) is 3.98. The van der Waals surface area contributed by atoms with Crippen LogP contribution in [0.1, 0.15) is 31.2 Å². The lowest BCUT2D eigenvalue weighted by Gasteiger charge is -2.37. The molecule has 1 N–H and O–H groups in total. The zero-order chi connectivity index (χ0) is 16.9. The van der Waals surface area contributed by atoms with Gasteiger partial charge in [0, 0.05) is 19.6 Å². The van der Waals surface area contributed by atoms with Crippen LogP contribution >= 0.6 is 0 Å². The minimum atomic E-state index is -0.210. The van der Waals surface area contributed by atoms with Gasteiger partial charge < -0.3 is 10.2 Å². The van der Waals surface area contributed by atoms with Crippen molar-refractivity contribution in [1.82, 2.24) is 15.1 Å². The van der Waals surface area contributed by atoms with Crippen molar-refractivity contribution in [3.63, 3.8) is 0 Å². The molecule has 3 rings (SSSR count). The van der Waals surface area contributed by atoms with E-state index in [1.54, 1.807) is 0 Å². The first kappa shape index (κ1) is 17.4. The molecular weight excluding hydrogens is 305 g/mol. The second-order valence-corrected chi connectivity index (χ2v) is 7.11. The Hall–Kier alpha value is -1.46. The SMILES string of the molecule is CNC[C@@H]1CCN(C(=O)[C@H]2CCCCN2Cc2ccc(F)cc2)C1. The number of amides is 1. The Bertz CT molecular complexity index is 548. The Morgan fingerprint density at radius 3 is 2.75 bits per heavy atom. The molecule has 0 aromatic heterocycles. The van der Waals surface area contributed by atoms with Crippen molar-refractivity contribution in [2.45, 2.75) is 38.3 Å². The average molecular weight is 333 g/mol. The van der Waals surface area contributed by atoms with Crippen LogP contribution in [0.15, 0.2) is 24.3 Å². The first-order valence-electron chi connectivity index (χ1n) is 9.09. The molecule has 0 bridgehead atoms. The molecule has 2 aliphatic heterocycles. The molecule has 5 heteroatoms. The highest BCUT2D eigenvalue weighted by Gasteiger charge is 2.35. The summed E-state index contributed by atoms with van der Waals surface area (Å²) in [5, 5.41) is 3.22. The van der Waals surface area contributed by atoms with Crippen LogP contribution in [0.2, 0.25) is 0 Å².